The van der Waals surface area contributed by atoms with Crippen LogP contribution in [0.1, 0.15) is 11.1 Å². The maximum atomic E-state index is 12.4. The van der Waals surface area contributed by atoms with Gasteiger partial charge in [-0.2, -0.15) is 0 Å². The summed E-state index contributed by atoms with van der Waals surface area (Å²) >= 11 is 10.0. The SMILES string of the molecule is Cc1cc(Br)c(S(=O)(=O)NCc2ccc(Br)cc2)cc1Br. The Balaban J connectivity index is 2.22. The van der Waals surface area contributed by atoms with Crippen molar-refractivity contribution in [2.75, 3.05) is 0 Å². The number of hydrogen-bond donors (Lipinski definition) is 1. The monoisotopic (exact) mass is 495 g/mol. The van der Waals surface area contributed by atoms with Crippen LogP contribution in [-0.2, 0) is 16.6 Å². The zero-order valence-corrected chi connectivity index (χ0v) is 16.6. The van der Waals surface area contributed by atoms with E-state index in [1.807, 2.05) is 31.2 Å². The van der Waals surface area contributed by atoms with Crippen molar-refractivity contribution in [1.82, 2.24) is 4.72 Å². The molecule has 1 N–H and O–H groups in total. The molecule has 0 aromatic heterocycles. The van der Waals surface area contributed by atoms with Crippen molar-refractivity contribution in [2.24, 2.45) is 0 Å². The average molecular weight is 498 g/mol. The molecule has 0 atom stereocenters. The molecule has 0 aliphatic rings. The molecule has 0 saturated heterocycles. The van der Waals surface area contributed by atoms with Gasteiger partial charge in [0.2, 0.25) is 10.0 Å². The highest BCUT2D eigenvalue weighted by molar-refractivity contribution is 9.11. The molecule has 0 saturated carbocycles. The highest BCUT2D eigenvalue weighted by atomic mass is 79.9. The molecule has 0 amide bonds. The molecule has 3 nitrogen and oxygen atoms in total. The van der Waals surface area contributed by atoms with Crippen LogP contribution in [0.2, 0.25) is 0 Å². The summed E-state index contributed by atoms with van der Waals surface area (Å²) in [4.78, 5) is 0.220. The van der Waals surface area contributed by atoms with Crippen molar-refractivity contribution >= 4 is 57.8 Å². The molecule has 2 aromatic carbocycles. The zero-order chi connectivity index (χ0) is 15.6. The van der Waals surface area contributed by atoms with Crippen molar-refractivity contribution < 1.29 is 8.42 Å². The van der Waals surface area contributed by atoms with E-state index in [1.165, 1.54) is 0 Å². The Morgan fingerprint density at radius 1 is 1.00 bits per heavy atom. The Hall–Kier alpha value is -0.210. The summed E-state index contributed by atoms with van der Waals surface area (Å²) in [6.07, 6.45) is 0. The van der Waals surface area contributed by atoms with Gasteiger partial charge in [0.05, 0.1) is 4.90 Å². The maximum absolute atomic E-state index is 12.4. The van der Waals surface area contributed by atoms with E-state index in [0.29, 0.717) is 4.47 Å². The molecule has 2 rings (SSSR count). The second-order valence-corrected chi connectivity index (χ2v) is 8.84. The van der Waals surface area contributed by atoms with Gasteiger partial charge in [0.25, 0.3) is 0 Å². The Morgan fingerprint density at radius 2 is 1.62 bits per heavy atom. The van der Waals surface area contributed by atoms with Gasteiger partial charge >= 0.3 is 0 Å². The molecule has 0 spiro atoms. The molecule has 7 heteroatoms. The largest absolute Gasteiger partial charge is 0.242 e. The first-order valence-corrected chi connectivity index (χ1v) is 9.85. The molecule has 0 fully saturated rings. The van der Waals surface area contributed by atoms with E-state index in [9.17, 15) is 8.42 Å². The summed E-state index contributed by atoms with van der Waals surface area (Å²) in [7, 11) is -3.58. The van der Waals surface area contributed by atoms with Crippen LogP contribution in [0.5, 0.6) is 0 Å². The quantitative estimate of drug-likeness (QED) is 0.662. The third kappa shape index (κ3) is 4.39. The number of hydrogen-bond acceptors (Lipinski definition) is 2. The Kier molecular flexibility index (Phi) is 5.65. The first-order chi connectivity index (χ1) is 9.79. The summed E-state index contributed by atoms with van der Waals surface area (Å²) in [6, 6.07) is 10.9. The van der Waals surface area contributed by atoms with E-state index in [0.717, 1.165) is 20.1 Å². The Labute approximate surface area is 149 Å². The fourth-order valence-electron chi connectivity index (χ4n) is 1.69. The van der Waals surface area contributed by atoms with Crippen molar-refractivity contribution in [1.29, 1.82) is 0 Å². The van der Waals surface area contributed by atoms with E-state index < -0.39 is 10.0 Å². The van der Waals surface area contributed by atoms with Gasteiger partial charge < -0.3 is 0 Å². The van der Waals surface area contributed by atoms with Crippen molar-refractivity contribution in [3.8, 4) is 0 Å². The predicted molar refractivity (Wildman–Crippen MR) is 94.7 cm³/mol. The van der Waals surface area contributed by atoms with Gasteiger partial charge in [-0.15, -0.1) is 0 Å². The molecular weight excluding hydrogens is 486 g/mol. The minimum atomic E-state index is -3.58. The molecule has 112 valence electrons. The lowest BCUT2D eigenvalue weighted by molar-refractivity contribution is 0.580. The summed E-state index contributed by atoms with van der Waals surface area (Å²) in [5, 5.41) is 0. The first-order valence-electron chi connectivity index (χ1n) is 5.99. The average Bonchev–Trinajstić information content (AvgIpc) is 2.42. The summed E-state index contributed by atoms with van der Waals surface area (Å²) < 4.78 is 29.6. The standard InChI is InChI=1S/C14H12Br3NO2S/c1-9-6-13(17)14(7-12(9)16)21(19,20)18-8-10-2-4-11(15)5-3-10/h2-7,18H,8H2,1H3. The second kappa shape index (κ2) is 6.91. The third-order valence-electron chi connectivity index (χ3n) is 2.88. The number of nitrogens with one attached hydrogen (secondary N) is 1. The second-order valence-electron chi connectivity index (χ2n) is 4.48. The van der Waals surface area contributed by atoms with Crippen LogP contribution in [0.15, 0.2) is 54.7 Å². The normalized spacial score (nSPS) is 11.6. The van der Waals surface area contributed by atoms with Gasteiger partial charge in [-0.1, -0.05) is 44.0 Å². The molecule has 0 aliphatic carbocycles. The van der Waals surface area contributed by atoms with Crippen LogP contribution >= 0.6 is 47.8 Å². The van der Waals surface area contributed by atoms with Crippen molar-refractivity contribution in [2.45, 2.75) is 18.4 Å². The summed E-state index contributed by atoms with van der Waals surface area (Å²) in [5.41, 5.74) is 1.86. The fraction of sp³-hybridized carbons (Fsp3) is 0.143. The molecule has 0 bridgehead atoms. The van der Waals surface area contributed by atoms with Crippen LogP contribution in [0.3, 0.4) is 0 Å². The van der Waals surface area contributed by atoms with Gasteiger partial charge in [0, 0.05) is 20.0 Å². The summed E-state index contributed by atoms with van der Waals surface area (Å²) in [6.45, 7) is 2.15. The minimum Gasteiger partial charge on any atom is -0.207 e. The first kappa shape index (κ1) is 17.1. The number of aryl methyl sites for hydroxylation is 1. The van der Waals surface area contributed by atoms with Crippen LogP contribution in [-0.4, -0.2) is 8.42 Å². The number of benzene rings is 2. The van der Waals surface area contributed by atoms with Gasteiger partial charge in [-0.25, -0.2) is 13.1 Å². The highest BCUT2D eigenvalue weighted by Gasteiger charge is 2.18. The van der Waals surface area contributed by atoms with Crippen LogP contribution in [0.4, 0.5) is 0 Å². The number of sulfonamides is 1. The lowest BCUT2D eigenvalue weighted by atomic mass is 10.2. The molecule has 0 aliphatic heterocycles. The van der Waals surface area contributed by atoms with Crippen molar-refractivity contribution in [3.05, 3.63) is 60.9 Å². The lowest BCUT2D eigenvalue weighted by Gasteiger charge is -2.10. The van der Waals surface area contributed by atoms with Crippen LogP contribution < -0.4 is 4.72 Å². The van der Waals surface area contributed by atoms with Crippen molar-refractivity contribution in [3.63, 3.8) is 0 Å². The topological polar surface area (TPSA) is 46.2 Å². The number of halogens is 3. The smallest absolute Gasteiger partial charge is 0.207 e. The predicted octanol–water partition coefficient (Wildman–Crippen LogP) is 4.76. The maximum Gasteiger partial charge on any atom is 0.242 e. The molecule has 0 heterocycles. The van der Waals surface area contributed by atoms with E-state index in [2.05, 4.69) is 52.5 Å². The molecule has 0 radical (unpaired) electrons. The van der Waals surface area contributed by atoms with E-state index in [1.54, 1.807) is 12.1 Å². The van der Waals surface area contributed by atoms with E-state index >= 15 is 0 Å². The van der Waals surface area contributed by atoms with E-state index in [-0.39, 0.29) is 11.4 Å². The zero-order valence-electron chi connectivity index (χ0n) is 11.0. The number of rotatable bonds is 4. The molecule has 0 unspecified atom stereocenters. The highest BCUT2D eigenvalue weighted by Crippen LogP contribution is 2.28. The Morgan fingerprint density at radius 3 is 2.24 bits per heavy atom. The minimum absolute atomic E-state index is 0.220. The molecule has 21 heavy (non-hydrogen) atoms. The van der Waals surface area contributed by atoms with Crippen LogP contribution in [0, 0.1) is 6.92 Å². The fourth-order valence-corrected chi connectivity index (χ4v) is 4.65. The van der Waals surface area contributed by atoms with Crippen LogP contribution in [0.25, 0.3) is 0 Å². The van der Waals surface area contributed by atoms with Gasteiger partial charge in [-0.05, 0) is 58.2 Å². The Bertz CT molecular complexity index is 759. The lowest BCUT2D eigenvalue weighted by Crippen LogP contribution is -2.23. The molecule has 2 aromatic rings. The third-order valence-corrected chi connectivity index (χ3v) is 6.62. The summed E-state index contributed by atoms with van der Waals surface area (Å²) in [5.74, 6) is 0. The molecular formula is C14H12Br3NO2S. The van der Waals surface area contributed by atoms with Gasteiger partial charge in [0.1, 0.15) is 0 Å². The van der Waals surface area contributed by atoms with Gasteiger partial charge in [-0.3, -0.25) is 0 Å². The van der Waals surface area contributed by atoms with Gasteiger partial charge in [0.15, 0.2) is 0 Å². The van der Waals surface area contributed by atoms with E-state index in [4.69, 9.17) is 0 Å².